The van der Waals surface area contributed by atoms with E-state index in [-0.39, 0.29) is 11.8 Å². The molecule has 2 amide bonds. The number of benzene rings is 2. The van der Waals surface area contributed by atoms with Crippen molar-refractivity contribution in [1.82, 2.24) is 20.5 Å². The van der Waals surface area contributed by atoms with E-state index in [1.54, 1.807) is 0 Å². The first-order valence-corrected chi connectivity index (χ1v) is 15.4. The number of carbonyl (C=O) groups is 2. The van der Waals surface area contributed by atoms with E-state index in [0.717, 1.165) is 53.9 Å². The van der Waals surface area contributed by atoms with Crippen LogP contribution in [0.3, 0.4) is 0 Å². The lowest BCUT2D eigenvalue weighted by atomic mass is 9.48. The Morgan fingerprint density at radius 1 is 0.950 bits per heavy atom. The predicted molar refractivity (Wildman–Crippen MR) is 160 cm³/mol. The number of fused-ring (bicyclic) bond motifs is 1. The molecule has 2 aromatic carbocycles. The van der Waals surface area contributed by atoms with E-state index in [1.165, 1.54) is 44.1 Å². The van der Waals surface area contributed by atoms with Gasteiger partial charge in [-0.15, -0.1) is 0 Å². The van der Waals surface area contributed by atoms with Gasteiger partial charge in [0.1, 0.15) is 6.04 Å². The molecule has 6 nitrogen and oxygen atoms in total. The fourth-order valence-electron chi connectivity index (χ4n) is 8.41. The van der Waals surface area contributed by atoms with Gasteiger partial charge >= 0.3 is 0 Å². The molecule has 1 heterocycles. The SMILES string of the molecule is CCN(CC)CCNC(=O)[C@H](Cc1c[nH]c2ccccc12)NC(=O)c1ccc(C23CC4CC(CC(C4)C2)C3)cc1. The first-order valence-electron chi connectivity index (χ1n) is 15.4. The van der Waals surface area contributed by atoms with Crippen LogP contribution in [0.25, 0.3) is 10.9 Å². The van der Waals surface area contributed by atoms with Gasteiger partial charge in [-0.25, -0.2) is 0 Å². The molecule has 1 atom stereocenters. The van der Waals surface area contributed by atoms with Crippen LogP contribution in [0.4, 0.5) is 0 Å². The molecular weight excluding hydrogens is 496 g/mol. The van der Waals surface area contributed by atoms with Gasteiger partial charge < -0.3 is 20.5 Å². The highest BCUT2D eigenvalue weighted by molar-refractivity contribution is 5.98. The maximum atomic E-state index is 13.5. The molecule has 3 aromatic rings. The van der Waals surface area contributed by atoms with Gasteiger partial charge in [0.05, 0.1) is 0 Å². The van der Waals surface area contributed by atoms with Gasteiger partial charge in [0.15, 0.2) is 0 Å². The second kappa shape index (κ2) is 11.4. The first kappa shape index (κ1) is 27.1. The second-order valence-electron chi connectivity index (χ2n) is 12.7. The number of likely N-dealkylation sites (N-methyl/N-ethyl adjacent to an activating group) is 1. The number of hydrogen-bond acceptors (Lipinski definition) is 3. The smallest absolute Gasteiger partial charge is 0.251 e. The summed E-state index contributed by atoms with van der Waals surface area (Å²) in [7, 11) is 0. The number of H-pyrrole nitrogens is 1. The Balaban J connectivity index is 1.16. The lowest BCUT2D eigenvalue weighted by Crippen LogP contribution is -2.49. The third-order valence-electron chi connectivity index (χ3n) is 10.1. The Labute approximate surface area is 238 Å². The van der Waals surface area contributed by atoms with Crippen molar-refractivity contribution in [2.45, 2.75) is 70.3 Å². The van der Waals surface area contributed by atoms with Crippen LogP contribution in [-0.4, -0.2) is 53.9 Å². The molecule has 0 spiro atoms. The van der Waals surface area contributed by atoms with Gasteiger partial charge in [0.2, 0.25) is 5.91 Å². The van der Waals surface area contributed by atoms with Crippen molar-refractivity contribution in [3.05, 3.63) is 71.4 Å². The summed E-state index contributed by atoms with van der Waals surface area (Å²) in [6.45, 7) is 7.49. The molecule has 40 heavy (non-hydrogen) atoms. The van der Waals surface area contributed by atoms with E-state index in [1.807, 2.05) is 36.5 Å². The van der Waals surface area contributed by atoms with Crippen LogP contribution in [0.1, 0.15) is 73.9 Å². The third-order valence-corrected chi connectivity index (χ3v) is 10.1. The second-order valence-corrected chi connectivity index (χ2v) is 12.7. The van der Waals surface area contributed by atoms with E-state index in [9.17, 15) is 9.59 Å². The monoisotopic (exact) mass is 540 g/mol. The Morgan fingerprint density at radius 3 is 2.25 bits per heavy atom. The van der Waals surface area contributed by atoms with E-state index in [4.69, 9.17) is 0 Å². The minimum absolute atomic E-state index is 0.143. The fraction of sp³-hybridized carbons (Fsp3) is 0.529. The molecule has 7 rings (SSSR count). The Hall–Kier alpha value is -3.12. The number of nitrogens with one attached hydrogen (secondary N) is 3. The molecular formula is C34H44N4O2. The zero-order chi connectivity index (χ0) is 27.7. The van der Waals surface area contributed by atoms with E-state index in [2.05, 4.69) is 52.6 Å². The van der Waals surface area contributed by atoms with Gasteiger partial charge in [-0.2, -0.15) is 0 Å². The van der Waals surface area contributed by atoms with Crippen molar-refractivity contribution in [3.8, 4) is 0 Å². The zero-order valence-corrected chi connectivity index (χ0v) is 24.0. The van der Waals surface area contributed by atoms with Crippen molar-refractivity contribution in [2.24, 2.45) is 17.8 Å². The van der Waals surface area contributed by atoms with Crippen LogP contribution in [0.15, 0.2) is 54.7 Å². The van der Waals surface area contributed by atoms with Crippen LogP contribution in [-0.2, 0) is 16.6 Å². The molecule has 6 heteroatoms. The number of para-hydroxylation sites is 1. The number of hydrogen-bond donors (Lipinski definition) is 3. The topological polar surface area (TPSA) is 77.2 Å². The summed E-state index contributed by atoms with van der Waals surface area (Å²) in [5.74, 6) is 2.33. The molecule has 4 aliphatic rings. The highest BCUT2D eigenvalue weighted by atomic mass is 16.2. The number of nitrogens with zero attached hydrogens (tertiary/aromatic N) is 1. The number of amides is 2. The van der Waals surface area contributed by atoms with E-state index >= 15 is 0 Å². The summed E-state index contributed by atoms with van der Waals surface area (Å²) in [4.78, 5) is 32.4. The lowest BCUT2D eigenvalue weighted by molar-refractivity contribution is -0.123. The van der Waals surface area contributed by atoms with Crippen LogP contribution < -0.4 is 10.6 Å². The molecule has 4 bridgehead atoms. The maximum Gasteiger partial charge on any atom is 0.251 e. The summed E-state index contributed by atoms with van der Waals surface area (Å²) < 4.78 is 0. The highest BCUT2D eigenvalue weighted by Crippen LogP contribution is 2.60. The largest absolute Gasteiger partial charge is 0.361 e. The Bertz CT molecular complexity index is 1300. The van der Waals surface area contributed by atoms with Crippen molar-refractivity contribution in [1.29, 1.82) is 0 Å². The van der Waals surface area contributed by atoms with Crippen LogP contribution >= 0.6 is 0 Å². The molecule has 1 aromatic heterocycles. The molecule has 3 N–H and O–H groups in total. The highest BCUT2D eigenvalue weighted by Gasteiger charge is 2.51. The van der Waals surface area contributed by atoms with Crippen molar-refractivity contribution >= 4 is 22.7 Å². The first-order chi connectivity index (χ1) is 19.5. The molecule has 4 aliphatic carbocycles. The van der Waals surface area contributed by atoms with Crippen molar-refractivity contribution in [2.75, 3.05) is 26.2 Å². The average Bonchev–Trinajstić information content (AvgIpc) is 3.37. The Kier molecular flexibility index (Phi) is 7.71. The minimum atomic E-state index is -0.661. The molecule has 0 saturated heterocycles. The predicted octanol–water partition coefficient (Wildman–Crippen LogP) is 5.43. The summed E-state index contributed by atoms with van der Waals surface area (Å²) in [6, 6.07) is 15.8. The maximum absolute atomic E-state index is 13.5. The third kappa shape index (κ3) is 5.43. The zero-order valence-electron chi connectivity index (χ0n) is 24.0. The van der Waals surface area contributed by atoms with Crippen molar-refractivity contribution in [3.63, 3.8) is 0 Å². The van der Waals surface area contributed by atoms with E-state index < -0.39 is 6.04 Å². The van der Waals surface area contributed by atoms with Crippen molar-refractivity contribution < 1.29 is 9.59 Å². The van der Waals surface area contributed by atoms with Gasteiger partial charge in [0, 0.05) is 42.2 Å². The fourth-order valence-corrected chi connectivity index (χ4v) is 8.41. The van der Waals surface area contributed by atoms with Gasteiger partial charge in [-0.05, 0) is 104 Å². The molecule has 4 fully saturated rings. The van der Waals surface area contributed by atoms with E-state index in [0.29, 0.717) is 23.9 Å². The van der Waals surface area contributed by atoms with Crippen LogP contribution in [0.5, 0.6) is 0 Å². The normalized spacial score (nSPS) is 25.8. The summed E-state index contributed by atoms with van der Waals surface area (Å²) in [6.07, 6.45) is 10.6. The molecule has 212 valence electrons. The van der Waals surface area contributed by atoms with Crippen LogP contribution in [0, 0.1) is 17.8 Å². The lowest BCUT2D eigenvalue weighted by Gasteiger charge is -2.57. The van der Waals surface area contributed by atoms with Gasteiger partial charge in [-0.1, -0.05) is 44.2 Å². The Morgan fingerprint density at radius 2 is 1.60 bits per heavy atom. The summed E-state index contributed by atoms with van der Waals surface area (Å²) in [5.41, 5.74) is 4.40. The summed E-state index contributed by atoms with van der Waals surface area (Å²) >= 11 is 0. The average molecular weight is 541 g/mol. The molecule has 4 saturated carbocycles. The number of aromatic amines is 1. The molecule has 0 radical (unpaired) electrons. The number of carbonyl (C=O) groups excluding carboxylic acids is 2. The minimum Gasteiger partial charge on any atom is -0.361 e. The van der Waals surface area contributed by atoms with Gasteiger partial charge in [-0.3, -0.25) is 9.59 Å². The van der Waals surface area contributed by atoms with Gasteiger partial charge in [0.25, 0.3) is 5.91 Å². The quantitative estimate of drug-likeness (QED) is 0.303. The molecule has 0 unspecified atom stereocenters. The number of aromatic nitrogens is 1. The van der Waals surface area contributed by atoms with Crippen LogP contribution in [0.2, 0.25) is 0 Å². The summed E-state index contributed by atoms with van der Waals surface area (Å²) in [5, 5.41) is 7.24. The number of rotatable bonds is 11. The standard InChI is InChI=1S/C34H44N4O2/c1-3-38(4-2)14-13-35-33(40)31(18-27-22-36-30-8-6-5-7-29(27)30)37-32(39)26-9-11-28(12-10-26)34-19-23-15-24(20-34)17-25(16-23)21-34/h5-12,22-25,31,36H,3-4,13-21H2,1-2H3,(H,35,40)(H,37,39)/t23?,24?,25?,31-,34?/m0/s1. The molecule has 0 aliphatic heterocycles.